The Balaban J connectivity index is 2.95. The van der Waals surface area contributed by atoms with Crippen LogP contribution in [-0.2, 0) is 12.8 Å². The fourth-order valence-electron chi connectivity index (χ4n) is 1.82. The van der Waals surface area contributed by atoms with E-state index in [1.165, 1.54) is 0 Å². The smallest absolute Gasteiger partial charge is 0.166 e. The average Bonchev–Trinajstić information content (AvgIpc) is 2.37. The normalized spacial score (nSPS) is 11.9. The third kappa shape index (κ3) is 3.41. The molecular weight excluding hydrogens is 228 g/mol. The van der Waals surface area contributed by atoms with Crippen LogP contribution in [0, 0.1) is 11.3 Å². The minimum Gasteiger partial charge on any atom is -0.393 e. The van der Waals surface area contributed by atoms with Crippen LogP contribution in [0.1, 0.15) is 44.0 Å². The molecule has 0 aliphatic rings. The summed E-state index contributed by atoms with van der Waals surface area (Å²) in [6, 6.07) is 2.20. The van der Waals surface area contributed by atoms with Gasteiger partial charge in [-0.2, -0.15) is 10.4 Å². The molecule has 18 heavy (non-hydrogen) atoms. The maximum atomic E-state index is 9.25. The highest BCUT2D eigenvalue weighted by atomic mass is 16.3. The molecule has 0 radical (unpaired) electrons. The molecule has 0 bridgehead atoms. The van der Waals surface area contributed by atoms with Gasteiger partial charge < -0.3 is 10.4 Å². The number of aliphatic hydroxyl groups excluding tert-OH is 1. The van der Waals surface area contributed by atoms with Gasteiger partial charge >= 0.3 is 0 Å². The number of anilines is 1. The van der Waals surface area contributed by atoms with Crippen LogP contribution in [0.15, 0.2) is 0 Å². The molecule has 1 aromatic rings. The summed E-state index contributed by atoms with van der Waals surface area (Å²) < 4.78 is 0. The third-order valence-corrected chi connectivity index (χ3v) is 2.81. The minimum absolute atomic E-state index is 0.364. The van der Waals surface area contributed by atoms with Gasteiger partial charge in [0, 0.05) is 6.54 Å². The van der Waals surface area contributed by atoms with E-state index in [0.717, 1.165) is 24.1 Å². The highest BCUT2D eigenvalue weighted by Gasteiger charge is 2.13. The van der Waals surface area contributed by atoms with E-state index in [1.54, 1.807) is 6.92 Å². The first kappa shape index (κ1) is 14.4. The summed E-state index contributed by atoms with van der Waals surface area (Å²) >= 11 is 0. The van der Waals surface area contributed by atoms with Crippen LogP contribution >= 0.6 is 0 Å². The first-order valence-corrected chi connectivity index (χ1v) is 6.34. The Kier molecular flexibility index (Phi) is 5.53. The first-order chi connectivity index (χ1) is 8.63. The molecule has 5 nitrogen and oxygen atoms in total. The van der Waals surface area contributed by atoms with Gasteiger partial charge in [0.05, 0.1) is 11.8 Å². The monoisotopic (exact) mass is 248 g/mol. The molecule has 2 N–H and O–H groups in total. The number of rotatable bonds is 6. The van der Waals surface area contributed by atoms with E-state index in [2.05, 4.69) is 21.6 Å². The maximum absolute atomic E-state index is 9.25. The highest BCUT2D eigenvalue weighted by Crippen LogP contribution is 2.19. The predicted octanol–water partition coefficient (Wildman–Crippen LogP) is 1.66. The van der Waals surface area contributed by atoms with Crippen LogP contribution in [0.3, 0.4) is 0 Å². The topological polar surface area (TPSA) is 81.8 Å². The molecule has 0 amide bonds. The van der Waals surface area contributed by atoms with Crippen molar-refractivity contribution in [3.05, 3.63) is 16.8 Å². The predicted molar refractivity (Wildman–Crippen MR) is 70.3 cm³/mol. The Labute approximate surface area is 108 Å². The summed E-state index contributed by atoms with van der Waals surface area (Å²) in [7, 11) is 0. The van der Waals surface area contributed by atoms with E-state index in [4.69, 9.17) is 0 Å². The number of hydrogen-bond acceptors (Lipinski definition) is 5. The number of hydrogen-bond donors (Lipinski definition) is 2. The van der Waals surface area contributed by atoms with Gasteiger partial charge in [-0.25, -0.2) is 0 Å². The minimum atomic E-state index is -0.364. The maximum Gasteiger partial charge on any atom is 0.166 e. The van der Waals surface area contributed by atoms with Gasteiger partial charge in [0.1, 0.15) is 11.6 Å². The molecule has 0 aliphatic heterocycles. The Hall–Kier alpha value is -1.67. The zero-order valence-electron chi connectivity index (χ0n) is 11.2. The van der Waals surface area contributed by atoms with Crippen molar-refractivity contribution in [2.24, 2.45) is 0 Å². The molecule has 1 rings (SSSR count). The molecule has 1 heterocycles. The summed E-state index contributed by atoms with van der Waals surface area (Å²) in [5, 5.41) is 29.7. The lowest BCUT2D eigenvalue weighted by molar-refractivity contribution is 0.188. The lowest BCUT2D eigenvalue weighted by Gasteiger charge is -2.12. The largest absolute Gasteiger partial charge is 0.393 e. The van der Waals surface area contributed by atoms with Gasteiger partial charge in [0.2, 0.25) is 0 Å². The molecule has 1 atom stereocenters. The van der Waals surface area contributed by atoms with Gasteiger partial charge in [0.25, 0.3) is 0 Å². The fraction of sp³-hybridized carbons (Fsp3) is 0.615. The Bertz CT molecular complexity index is 437. The van der Waals surface area contributed by atoms with E-state index in [1.807, 2.05) is 13.8 Å². The second-order valence-electron chi connectivity index (χ2n) is 4.23. The fourth-order valence-corrected chi connectivity index (χ4v) is 1.82. The SMILES string of the molecule is CCc1nnc(NCCC(C)O)c(C#N)c1CC. The van der Waals surface area contributed by atoms with E-state index in [-0.39, 0.29) is 6.10 Å². The summed E-state index contributed by atoms with van der Waals surface area (Å²) in [4.78, 5) is 0. The molecule has 5 heteroatoms. The second-order valence-corrected chi connectivity index (χ2v) is 4.23. The van der Waals surface area contributed by atoms with Crippen LogP contribution in [0.5, 0.6) is 0 Å². The van der Waals surface area contributed by atoms with Gasteiger partial charge in [-0.1, -0.05) is 13.8 Å². The summed E-state index contributed by atoms with van der Waals surface area (Å²) in [5.74, 6) is 0.521. The van der Waals surface area contributed by atoms with Gasteiger partial charge in [0.15, 0.2) is 5.82 Å². The molecule has 0 aliphatic carbocycles. The Morgan fingerprint density at radius 1 is 1.33 bits per heavy atom. The molecule has 0 saturated heterocycles. The van der Waals surface area contributed by atoms with Crippen LogP contribution in [0.25, 0.3) is 0 Å². The first-order valence-electron chi connectivity index (χ1n) is 6.34. The number of aromatic nitrogens is 2. The summed E-state index contributed by atoms with van der Waals surface area (Å²) in [5.41, 5.74) is 2.43. The molecule has 0 spiro atoms. The second kappa shape index (κ2) is 6.92. The van der Waals surface area contributed by atoms with E-state index >= 15 is 0 Å². The number of nitriles is 1. The molecule has 98 valence electrons. The molecule has 0 fully saturated rings. The van der Waals surface area contributed by atoms with Gasteiger partial charge in [-0.15, -0.1) is 5.10 Å². The molecular formula is C13H20N4O. The van der Waals surface area contributed by atoms with Crippen molar-refractivity contribution >= 4 is 5.82 Å². The zero-order valence-corrected chi connectivity index (χ0v) is 11.2. The van der Waals surface area contributed by atoms with Gasteiger partial charge in [-0.05, 0) is 31.7 Å². The molecule has 0 saturated carbocycles. The van der Waals surface area contributed by atoms with Crippen molar-refractivity contribution in [1.82, 2.24) is 10.2 Å². The van der Waals surface area contributed by atoms with Crippen molar-refractivity contribution in [2.75, 3.05) is 11.9 Å². The van der Waals surface area contributed by atoms with Crippen LogP contribution < -0.4 is 5.32 Å². The lowest BCUT2D eigenvalue weighted by Crippen LogP contribution is -2.14. The van der Waals surface area contributed by atoms with Crippen LogP contribution in [0.2, 0.25) is 0 Å². The number of aryl methyl sites for hydroxylation is 1. The number of aliphatic hydroxyl groups is 1. The van der Waals surface area contributed by atoms with Crippen molar-refractivity contribution in [3.63, 3.8) is 0 Å². The number of nitrogens with one attached hydrogen (secondary N) is 1. The van der Waals surface area contributed by atoms with Crippen molar-refractivity contribution in [3.8, 4) is 6.07 Å². The van der Waals surface area contributed by atoms with E-state index in [0.29, 0.717) is 24.3 Å². The van der Waals surface area contributed by atoms with Crippen molar-refractivity contribution in [1.29, 1.82) is 5.26 Å². The Morgan fingerprint density at radius 3 is 2.56 bits per heavy atom. The number of nitrogens with zero attached hydrogens (tertiary/aromatic N) is 3. The highest BCUT2D eigenvalue weighted by molar-refractivity contribution is 5.56. The molecule has 0 aromatic carbocycles. The van der Waals surface area contributed by atoms with E-state index in [9.17, 15) is 10.4 Å². The average molecular weight is 248 g/mol. The van der Waals surface area contributed by atoms with Crippen molar-refractivity contribution < 1.29 is 5.11 Å². The quantitative estimate of drug-likeness (QED) is 0.800. The van der Waals surface area contributed by atoms with Crippen LogP contribution in [0.4, 0.5) is 5.82 Å². The molecule has 1 unspecified atom stereocenters. The molecule has 1 aromatic heterocycles. The van der Waals surface area contributed by atoms with Crippen molar-refractivity contribution in [2.45, 2.75) is 46.1 Å². The third-order valence-electron chi connectivity index (χ3n) is 2.81. The zero-order chi connectivity index (χ0) is 13.5. The summed E-state index contributed by atoms with van der Waals surface area (Å²) in [6.07, 6.45) is 1.80. The summed E-state index contributed by atoms with van der Waals surface area (Å²) in [6.45, 7) is 6.33. The standard InChI is InChI=1S/C13H20N4O/c1-4-10-11(8-14)13(15-7-6-9(3)18)17-16-12(10)5-2/h9,18H,4-7H2,1-3H3,(H,15,17). The van der Waals surface area contributed by atoms with E-state index < -0.39 is 0 Å². The lowest BCUT2D eigenvalue weighted by atomic mass is 10.0. The van der Waals surface area contributed by atoms with Gasteiger partial charge in [-0.3, -0.25) is 0 Å². The van der Waals surface area contributed by atoms with Crippen LogP contribution in [-0.4, -0.2) is 28.0 Å². The Morgan fingerprint density at radius 2 is 2.06 bits per heavy atom.